The first-order valence-electron chi connectivity index (χ1n) is 37.2. The predicted molar refractivity (Wildman–Crippen MR) is 439 cm³/mol. The molecule has 0 heterocycles. The van der Waals surface area contributed by atoms with E-state index in [0.29, 0.717) is 183 Å². The molecule has 0 atom stereocenters. The van der Waals surface area contributed by atoms with Gasteiger partial charge in [-0.3, -0.25) is 4.79 Å². The summed E-state index contributed by atoms with van der Waals surface area (Å²) in [6.07, 6.45) is 6.30. The monoisotopic (exact) mass is 1720 g/mol. The summed E-state index contributed by atoms with van der Waals surface area (Å²) in [6, 6.07) is 3.67. The highest BCUT2D eigenvalue weighted by atomic mass is 28.4. The van der Waals surface area contributed by atoms with E-state index < -0.39 is 64.8 Å². The van der Waals surface area contributed by atoms with Crippen LogP contribution < -0.4 is 5.32 Å². The van der Waals surface area contributed by atoms with Crippen LogP contribution in [0.1, 0.15) is 129 Å². The second-order valence-electron chi connectivity index (χ2n) is 24.4. The van der Waals surface area contributed by atoms with Gasteiger partial charge < -0.3 is 123 Å². The first kappa shape index (κ1) is 119. The standard InChI is InChI=1S/C16H32O8Si.C16H32O5Si.C13H26O5Si.C10H20O5Si.C9H19NO4Si.C9H18O5Si/c1-15(2)16(17)21-7-6-14-25(22-11-8-18-3,23-12-9-19-4)24-13-10-20-5;1-12(2)16(17)18-10-9-11-22(19-13(3)4,20-14(5)6)21-15(7)8;1-6-16-19(17-7-2,18-8-3)11-9-10-15-13(14)12(4)5;1-9(2)10(11)15-7-6-8-16(12-3,13-4)14-5;1-5-9(11)10-7-6-8-15(12-2,13-3)14-4;1-5-9(10)14-7-6-8-15(11-2,12-3)13-4/h1,6-14H2,2-5H3;13-15H,1,9-11H2,2-8H3;4,6-11H2,1-3,5H3;1,6-8H2,2-5H3;5H,1,6-8H2,2-4H3,(H,10,11);5H,1,6-8H2,2-4H3. The first-order valence-corrected chi connectivity index (χ1v) is 48.8. The Morgan fingerprint density at radius 2 is 0.545 bits per heavy atom. The quantitative estimate of drug-likeness (QED) is 0.0194. The minimum atomic E-state index is -2.96. The molecule has 1 amide bonds. The Labute approximate surface area is 678 Å². The Kier molecular flexibility index (Phi) is 78.6. The van der Waals surface area contributed by atoms with Gasteiger partial charge in [-0.1, -0.05) is 39.5 Å². The number of esters is 5. The smallest absolute Gasteiger partial charge is 0.463 e. The number of ether oxygens (including phenoxy) is 8. The van der Waals surface area contributed by atoms with Gasteiger partial charge in [-0.2, -0.15) is 0 Å². The van der Waals surface area contributed by atoms with Gasteiger partial charge in [0.05, 0.1) is 72.7 Å². The summed E-state index contributed by atoms with van der Waals surface area (Å²) in [4.78, 5) is 66.7. The molecule has 0 saturated carbocycles. The van der Waals surface area contributed by atoms with Gasteiger partial charge >= 0.3 is 82.7 Å². The highest BCUT2D eigenvalue weighted by molar-refractivity contribution is 6.62. The first-order chi connectivity index (χ1) is 52.9. The summed E-state index contributed by atoms with van der Waals surface area (Å²) >= 11 is 0. The molecule has 33 nitrogen and oxygen atoms in total. The molecule has 0 unspecified atom stereocenters. The fraction of sp³-hybridized carbons (Fsp3) is 0.753. The molecule has 0 bridgehead atoms. The normalized spacial score (nSPS) is 11.5. The molecule has 0 fully saturated rings. The third-order valence-electron chi connectivity index (χ3n) is 14.0. The van der Waals surface area contributed by atoms with Crippen LogP contribution in [0.3, 0.4) is 0 Å². The molecule has 660 valence electrons. The SMILES string of the molecule is C=C(C)C(=O)OCCC[Si](OC(C)C)(OC(C)C)OC(C)C.C=C(C)C(=O)OCCC[Si](OC)(OC)OC.C=C(C)C(=O)OCCC[Si](OCC)(OCC)OCC.C=C(C)C(=O)OCCC[Si](OCCOC)(OCCOC)OCCOC.C=CC(=O)NCCC[Si](OC)(OC)OC.C=CC(=O)OCCC[Si](OC)(OC)OC. The van der Waals surface area contributed by atoms with Crippen LogP contribution in [0.5, 0.6) is 0 Å². The van der Waals surface area contributed by atoms with E-state index in [1.54, 1.807) is 113 Å². The van der Waals surface area contributed by atoms with Crippen LogP contribution in [0, 0.1) is 0 Å². The number of carbonyl (C=O) groups excluding carboxylic acids is 6. The van der Waals surface area contributed by atoms with Gasteiger partial charge in [0, 0.05) is 195 Å². The van der Waals surface area contributed by atoms with E-state index in [1.807, 2.05) is 62.3 Å². The van der Waals surface area contributed by atoms with Crippen LogP contribution in [0.25, 0.3) is 0 Å². The van der Waals surface area contributed by atoms with Crippen molar-refractivity contribution in [1.82, 2.24) is 5.32 Å². The maximum absolute atomic E-state index is 11.4. The number of carbonyl (C=O) groups is 6. The average Bonchev–Trinajstić information content (AvgIpc) is 0.843. The number of methoxy groups -OCH3 is 3. The predicted octanol–water partition coefficient (Wildman–Crippen LogP) is 10.6. The van der Waals surface area contributed by atoms with E-state index in [2.05, 4.69) is 44.8 Å². The van der Waals surface area contributed by atoms with Crippen LogP contribution in [0.15, 0.2) is 73.9 Å². The van der Waals surface area contributed by atoms with Crippen molar-refractivity contribution in [2.24, 2.45) is 0 Å². The number of amides is 1. The van der Waals surface area contributed by atoms with Gasteiger partial charge in [-0.15, -0.1) is 0 Å². The van der Waals surface area contributed by atoms with Crippen LogP contribution in [0.2, 0.25) is 36.3 Å². The number of nitrogens with one attached hydrogen (secondary N) is 1. The molecule has 0 aliphatic heterocycles. The third-order valence-corrected chi connectivity index (χ3v) is 32.0. The molecule has 0 aliphatic rings. The Morgan fingerprint density at radius 1 is 0.312 bits per heavy atom. The van der Waals surface area contributed by atoms with Crippen molar-refractivity contribution in [2.75, 3.05) is 184 Å². The Hall–Kier alpha value is -4.28. The number of rotatable bonds is 63. The molecule has 0 aromatic heterocycles. The average molecular weight is 1720 g/mol. The number of hydrogen-bond acceptors (Lipinski definition) is 32. The van der Waals surface area contributed by atoms with Crippen molar-refractivity contribution in [2.45, 2.75) is 183 Å². The van der Waals surface area contributed by atoms with Crippen molar-refractivity contribution in [3.8, 4) is 0 Å². The molecular formula is C73H147NO32Si6. The lowest BCUT2D eigenvalue weighted by Gasteiger charge is -2.34. The van der Waals surface area contributed by atoms with Crippen LogP contribution >= 0.6 is 0 Å². The maximum atomic E-state index is 11.4. The fourth-order valence-corrected chi connectivity index (χ4v) is 22.0. The number of hydrogen-bond donors (Lipinski definition) is 1. The maximum Gasteiger partial charge on any atom is 0.501 e. The van der Waals surface area contributed by atoms with Crippen molar-refractivity contribution in [3.63, 3.8) is 0 Å². The van der Waals surface area contributed by atoms with Crippen LogP contribution in [0.4, 0.5) is 0 Å². The van der Waals surface area contributed by atoms with Crippen molar-refractivity contribution < 1.29 is 146 Å². The van der Waals surface area contributed by atoms with Crippen molar-refractivity contribution >= 4 is 88.6 Å². The topological polar surface area (TPSA) is 354 Å². The molecule has 0 aliphatic carbocycles. The van der Waals surface area contributed by atoms with Gasteiger partial charge in [0.25, 0.3) is 0 Å². The van der Waals surface area contributed by atoms with E-state index in [4.69, 9.17) is 118 Å². The lowest BCUT2D eigenvalue weighted by molar-refractivity contribution is -0.139. The largest absolute Gasteiger partial charge is 0.501 e. The summed E-state index contributed by atoms with van der Waals surface area (Å²) in [5.74, 6) is -2.11. The van der Waals surface area contributed by atoms with Gasteiger partial charge in [0.2, 0.25) is 5.91 Å². The lowest BCUT2D eigenvalue weighted by Crippen LogP contribution is -2.50. The molecule has 0 spiro atoms. The summed E-state index contributed by atoms with van der Waals surface area (Å²) in [6.45, 7) is 50.9. The zero-order chi connectivity index (χ0) is 87.1. The summed E-state index contributed by atoms with van der Waals surface area (Å²) in [7, 11) is 2.93. The minimum absolute atomic E-state index is 0.0159. The second-order valence-corrected chi connectivity index (χ2v) is 41.7. The second kappa shape index (κ2) is 74.3. The van der Waals surface area contributed by atoms with Gasteiger partial charge in [-0.25, -0.2) is 24.0 Å². The summed E-state index contributed by atoms with van der Waals surface area (Å²) in [5, 5.41) is 2.68. The van der Waals surface area contributed by atoms with E-state index in [1.165, 1.54) is 6.08 Å². The van der Waals surface area contributed by atoms with Crippen LogP contribution in [-0.2, 0) is 146 Å². The summed E-state index contributed by atoms with van der Waals surface area (Å²) < 4.78 is 140. The molecule has 0 aromatic carbocycles. The van der Waals surface area contributed by atoms with Gasteiger partial charge in [-0.05, 0) is 135 Å². The van der Waals surface area contributed by atoms with Gasteiger partial charge in [0.1, 0.15) is 0 Å². The van der Waals surface area contributed by atoms with Crippen molar-refractivity contribution in [3.05, 3.63) is 73.9 Å². The Bertz CT molecular complexity index is 2350. The highest BCUT2D eigenvalue weighted by Crippen LogP contribution is 2.25. The summed E-state index contributed by atoms with van der Waals surface area (Å²) in [5.41, 5.74) is 1.57. The zero-order valence-corrected chi connectivity index (χ0v) is 78.8. The Balaban J connectivity index is -0.000000304. The minimum Gasteiger partial charge on any atom is -0.463 e. The third kappa shape index (κ3) is 62.9. The van der Waals surface area contributed by atoms with Gasteiger partial charge in [0.15, 0.2) is 0 Å². The Morgan fingerprint density at radius 3 is 0.759 bits per heavy atom. The molecule has 0 saturated heterocycles. The molecule has 39 heteroatoms. The molecule has 0 rings (SSSR count). The molecule has 1 N–H and O–H groups in total. The lowest BCUT2D eigenvalue weighted by atomic mass is 10.4. The molecule has 0 aromatic rings. The molecular weight excluding hydrogens is 1570 g/mol. The van der Waals surface area contributed by atoms with E-state index in [0.717, 1.165) is 12.5 Å². The van der Waals surface area contributed by atoms with Crippen molar-refractivity contribution in [1.29, 1.82) is 0 Å². The molecule has 0 radical (unpaired) electrons. The fourth-order valence-electron chi connectivity index (χ4n) is 8.61. The zero-order valence-electron chi connectivity index (χ0n) is 72.8. The molecule has 112 heavy (non-hydrogen) atoms. The highest BCUT2D eigenvalue weighted by Gasteiger charge is 2.45. The van der Waals surface area contributed by atoms with E-state index in [9.17, 15) is 28.8 Å². The van der Waals surface area contributed by atoms with E-state index >= 15 is 0 Å². The van der Waals surface area contributed by atoms with Crippen LogP contribution in [-0.4, -0.2) is 291 Å². The van der Waals surface area contributed by atoms with E-state index in [-0.39, 0.29) is 48.7 Å².